The monoisotopic (exact) mass is 378 g/mol. The number of nitrogens with zero attached hydrogens (tertiary/aromatic N) is 4. The Labute approximate surface area is 156 Å². The molecule has 146 valence electrons. The fourth-order valence-corrected chi connectivity index (χ4v) is 3.74. The second kappa shape index (κ2) is 7.18. The minimum atomic E-state index is -2.91. The van der Waals surface area contributed by atoms with Gasteiger partial charge in [-0.2, -0.15) is 5.26 Å². The molecule has 7 nitrogen and oxygen atoms in total. The Morgan fingerprint density at radius 2 is 2.26 bits per heavy atom. The molecule has 0 saturated carbocycles. The lowest BCUT2D eigenvalue weighted by Crippen LogP contribution is -2.74. The number of likely N-dealkylation sites (tertiary alicyclic amines) is 1. The molecule has 2 aliphatic rings. The molecule has 3 rings (SSSR count). The van der Waals surface area contributed by atoms with Crippen molar-refractivity contribution >= 4 is 11.7 Å². The van der Waals surface area contributed by atoms with Crippen molar-refractivity contribution < 1.29 is 13.6 Å². The van der Waals surface area contributed by atoms with E-state index in [1.54, 1.807) is 6.07 Å². The SMILES string of the molecule is CN(CCCCC1(C)N(C(=O)CC#N)CC1(F)F)C1=c2cc[nH]c2=NCN1. The number of rotatable bonds is 7. The average molecular weight is 378 g/mol. The van der Waals surface area contributed by atoms with Gasteiger partial charge in [-0.05, 0) is 32.3 Å². The molecule has 27 heavy (non-hydrogen) atoms. The van der Waals surface area contributed by atoms with Crippen molar-refractivity contribution in [2.24, 2.45) is 4.99 Å². The fraction of sp³-hybridized carbons (Fsp3) is 0.611. The molecule has 2 aliphatic heterocycles. The first kappa shape index (κ1) is 19.1. The Kier molecular flexibility index (Phi) is 5.09. The normalized spacial score (nSPS) is 22.8. The van der Waals surface area contributed by atoms with Crippen molar-refractivity contribution in [3.8, 4) is 6.07 Å². The van der Waals surface area contributed by atoms with E-state index < -0.39 is 23.9 Å². The van der Waals surface area contributed by atoms with Gasteiger partial charge in [-0.25, -0.2) is 13.8 Å². The van der Waals surface area contributed by atoms with Crippen LogP contribution >= 0.6 is 0 Å². The highest BCUT2D eigenvalue weighted by atomic mass is 19.3. The van der Waals surface area contributed by atoms with E-state index >= 15 is 0 Å². The van der Waals surface area contributed by atoms with E-state index in [0.29, 0.717) is 26.1 Å². The van der Waals surface area contributed by atoms with Gasteiger partial charge in [0, 0.05) is 19.8 Å². The number of aromatic amines is 1. The van der Waals surface area contributed by atoms with Crippen LogP contribution in [0.15, 0.2) is 17.3 Å². The Bertz CT molecular complexity index is 873. The van der Waals surface area contributed by atoms with Crippen LogP contribution in [0.3, 0.4) is 0 Å². The number of fused-ring (bicyclic) bond motifs is 1. The van der Waals surface area contributed by atoms with Crippen LogP contribution in [0.25, 0.3) is 5.82 Å². The van der Waals surface area contributed by atoms with Crippen LogP contribution in [0, 0.1) is 11.3 Å². The van der Waals surface area contributed by atoms with Gasteiger partial charge in [-0.1, -0.05) is 0 Å². The lowest BCUT2D eigenvalue weighted by molar-refractivity contribution is -0.237. The first-order valence-corrected chi connectivity index (χ1v) is 9.02. The van der Waals surface area contributed by atoms with E-state index in [1.807, 2.05) is 19.3 Å². The van der Waals surface area contributed by atoms with Gasteiger partial charge < -0.3 is 20.1 Å². The van der Waals surface area contributed by atoms with E-state index in [0.717, 1.165) is 21.4 Å². The quantitative estimate of drug-likeness (QED) is 0.677. The van der Waals surface area contributed by atoms with E-state index in [2.05, 4.69) is 20.2 Å². The van der Waals surface area contributed by atoms with Crippen LogP contribution < -0.4 is 16.0 Å². The Morgan fingerprint density at radius 3 is 2.96 bits per heavy atom. The standard InChI is InChI=1S/C18H24F2N6O/c1-17(18(19,20)11-26(17)14(27)5-8-21)7-3-4-10-25(2)16-13-6-9-22-15(13)23-12-24-16/h6,9,24H,3-5,7,10-12H2,1-2H3,(H,22,23). The maximum absolute atomic E-state index is 14.1. The summed E-state index contributed by atoms with van der Waals surface area (Å²) in [5, 5.41) is 12.9. The molecule has 0 bridgehead atoms. The van der Waals surface area contributed by atoms with Gasteiger partial charge in [0.25, 0.3) is 5.92 Å². The van der Waals surface area contributed by atoms with Gasteiger partial charge in [-0.3, -0.25) is 4.79 Å². The molecule has 1 atom stereocenters. The third-order valence-corrected chi connectivity index (χ3v) is 5.52. The number of aromatic nitrogens is 1. The average Bonchev–Trinajstić information content (AvgIpc) is 3.11. The number of nitriles is 1. The Balaban J connectivity index is 1.57. The zero-order chi connectivity index (χ0) is 19.7. The summed E-state index contributed by atoms with van der Waals surface area (Å²) in [5.74, 6) is -2.47. The molecule has 1 amide bonds. The van der Waals surface area contributed by atoms with E-state index in [-0.39, 0.29) is 12.8 Å². The summed E-state index contributed by atoms with van der Waals surface area (Å²) in [4.78, 5) is 22.5. The molecule has 1 saturated heterocycles. The third kappa shape index (κ3) is 3.36. The largest absolute Gasteiger partial charge is 0.361 e. The van der Waals surface area contributed by atoms with Gasteiger partial charge in [-0.15, -0.1) is 0 Å². The predicted octanol–water partition coefficient (Wildman–Crippen LogP) is 0.513. The van der Waals surface area contributed by atoms with Crippen molar-refractivity contribution in [3.05, 3.63) is 23.0 Å². The maximum Gasteiger partial charge on any atom is 0.287 e. The van der Waals surface area contributed by atoms with Crippen molar-refractivity contribution in [3.63, 3.8) is 0 Å². The number of alkyl halides is 2. The summed E-state index contributed by atoms with van der Waals surface area (Å²) >= 11 is 0. The number of halogens is 2. The first-order valence-electron chi connectivity index (χ1n) is 9.02. The van der Waals surface area contributed by atoms with Crippen LogP contribution in [0.1, 0.15) is 32.6 Å². The zero-order valence-corrected chi connectivity index (χ0v) is 15.6. The van der Waals surface area contributed by atoms with E-state index in [9.17, 15) is 13.6 Å². The van der Waals surface area contributed by atoms with Crippen LogP contribution in [0.4, 0.5) is 8.78 Å². The van der Waals surface area contributed by atoms with Gasteiger partial charge in [0.2, 0.25) is 5.91 Å². The number of hydrogen-bond donors (Lipinski definition) is 2. The molecule has 9 heteroatoms. The topological polar surface area (TPSA) is 87.5 Å². The minimum Gasteiger partial charge on any atom is -0.361 e. The van der Waals surface area contributed by atoms with Gasteiger partial charge in [0.1, 0.15) is 29.9 Å². The van der Waals surface area contributed by atoms with Gasteiger partial charge >= 0.3 is 0 Å². The number of carbonyl (C=O) groups excluding carboxylic acids is 1. The maximum atomic E-state index is 14.1. The smallest absolute Gasteiger partial charge is 0.287 e. The summed E-state index contributed by atoms with van der Waals surface area (Å²) in [6.07, 6.45) is 2.96. The van der Waals surface area contributed by atoms with Crippen molar-refractivity contribution in [2.45, 2.75) is 44.1 Å². The number of unbranched alkanes of at least 4 members (excludes halogenated alkanes) is 1. The molecular weight excluding hydrogens is 354 g/mol. The molecule has 3 heterocycles. The number of hydrogen-bond acceptors (Lipinski definition) is 5. The van der Waals surface area contributed by atoms with Crippen molar-refractivity contribution in [1.82, 2.24) is 20.1 Å². The summed E-state index contributed by atoms with van der Waals surface area (Å²) < 4.78 is 28.3. The molecule has 1 unspecified atom stereocenters. The van der Waals surface area contributed by atoms with Crippen LogP contribution in [0.5, 0.6) is 0 Å². The first-order chi connectivity index (χ1) is 12.8. The lowest BCUT2D eigenvalue weighted by Gasteiger charge is -2.56. The predicted molar refractivity (Wildman–Crippen MR) is 94.8 cm³/mol. The summed E-state index contributed by atoms with van der Waals surface area (Å²) in [7, 11) is 1.95. The Hall–Kier alpha value is -2.63. The second-order valence-electron chi connectivity index (χ2n) is 7.25. The van der Waals surface area contributed by atoms with Crippen LogP contribution in [-0.4, -0.2) is 59.0 Å². The van der Waals surface area contributed by atoms with E-state index in [1.165, 1.54) is 6.92 Å². The fourth-order valence-electron chi connectivity index (χ4n) is 3.74. The van der Waals surface area contributed by atoms with Crippen molar-refractivity contribution in [2.75, 3.05) is 26.8 Å². The molecule has 1 aromatic rings. The number of amides is 1. The summed E-state index contributed by atoms with van der Waals surface area (Å²) in [6, 6.07) is 3.69. The van der Waals surface area contributed by atoms with Gasteiger partial charge in [0.05, 0.1) is 17.8 Å². The summed E-state index contributed by atoms with van der Waals surface area (Å²) in [6.45, 7) is 2.01. The number of nitrogens with one attached hydrogen (secondary N) is 2. The van der Waals surface area contributed by atoms with Crippen LogP contribution in [0.2, 0.25) is 0 Å². The van der Waals surface area contributed by atoms with Gasteiger partial charge in [0.15, 0.2) is 0 Å². The zero-order valence-electron chi connectivity index (χ0n) is 15.6. The Morgan fingerprint density at radius 1 is 1.48 bits per heavy atom. The summed E-state index contributed by atoms with van der Waals surface area (Å²) in [5.41, 5.74) is -0.661. The lowest BCUT2D eigenvalue weighted by atomic mass is 9.77. The second-order valence-corrected chi connectivity index (χ2v) is 7.25. The molecule has 1 fully saturated rings. The minimum absolute atomic E-state index is 0.207. The highest BCUT2D eigenvalue weighted by Crippen LogP contribution is 2.47. The molecular formula is C18H24F2N6O. The molecule has 2 N–H and O–H groups in total. The molecule has 0 aliphatic carbocycles. The van der Waals surface area contributed by atoms with Crippen molar-refractivity contribution in [1.29, 1.82) is 5.26 Å². The molecule has 1 aromatic heterocycles. The highest BCUT2D eigenvalue weighted by molar-refractivity contribution is 5.80. The molecule has 0 spiro atoms. The highest BCUT2D eigenvalue weighted by Gasteiger charge is 2.65. The molecule has 0 radical (unpaired) electrons. The van der Waals surface area contributed by atoms with E-state index in [4.69, 9.17) is 5.26 Å². The molecule has 0 aromatic carbocycles. The van der Waals surface area contributed by atoms with Crippen LogP contribution in [-0.2, 0) is 4.79 Å². The third-order valence-electron chi connectivity index (χ3n) is 5.52. The number of carbonyl (C=O) groups is 1. The number of H-pyrrole nitrogens is 1.